The van der Waals surface area contributed by atoms with Crippen molar-refractivity contribution in [2.24, 2.45) is 0 Å². The van der Waals surface area contributed by atoms with Gasteiger partial charge in [-0.3, -0.25) is 0 Å². The third-order valence-corrected chi connectivity index (χ3v) is 6.59. The largest absolute Gasteiger partial charge is 0.460 e. The average molecular weight is 562 g/mol. The van der Waals surface area contributed by atoms with E-state index in [9.17, 15) is 74.6 Å². The molecule has 0 bridgehead atoms. The molecule has 0 radical (unpaired) electrons. The van der Waals surface area contributed by atoms with Crippen LogP contribution in [0.3, 0.4) is 0 Å². The Balaban J connectivity index is 3.41. The smallest absolute Gasteiger partial charge is 0.380 e. The van der Waals surface area contributed by atoms with Gasteiger partial charge in [-0.2, -0.15) is 74.6 Å². The Hall–Kier alpha value is -1.01. The number of halogens is 17. The Morgan fingerprint density at radius 1 is 0.559 bits per heavy atom. The lowest BCUT2D eigenvalue weighted by atomic mass is 9.87. The SMILES string of the molecule is FC(F)(F)C(F)(F)C(F)(F)C(F)(F)C(F)(F)C(F)(F)C(F)(F)C(F)(F)CCC1([SiH3])CCCCO1. The zero-order chi connectivity index (χ0) is 27.4. The summed E-state index contributed by atoms with van der Waals surface area (Å²) in [6.45, 7) is -0.0750. The van der Waals surface area contributed by atoms with E-state index in [1.807, 2.05) is 0 Å². The molecule has 0 aromatic carbocycles. The first-order valence-electron chi connectivity index (χ1n) is 9.02. The van der Waals surface area contributed by atoms with E-state index in [1.165, 1.54) is 0 Å². The lowest BCUT2D eigenvalue weighted by Gasteiger charge is -2.43. The lowest BCUT2D eigenvalue weighted by molar-refractivity contribution is -0.462. The van der Waals surface area contributed by atoms with E-state index in [2.05, 4.69) is 0 Å². The standard InChI is InChI=1S/C15H15F17OSi/c16-8(17,5-4-7(34)3-1-2-6-33-7)9(18,19)10(20,21)11(22,23)12(24,25)13(26,27)14(28,29)15(30,31)32/h1-6H2,34H3. The van der Waals surface area contributed by atoms with E-state index < -0.39 is 65.7 Å². The van der Waals surface area contributed by atoms with E-state index in [0.29, 0.717) is 12.8 Å². The van der Waals surface area contributed by atoms with Gasteiger partial charge in [0, 0.05) is 28.5 Å². The molecule has 1 aliphatic heterocycles. The summed E-state index contributed by atoms with van der Waals surface area (Å²) < 4.78 is 230. The molecule has 204 valence electrons. The Bertz CT molecular complexity index is 723. The Morgan fingerprint density at radius 3 is 1.29 bits per heavy atom. The van der Waals surface area contributed by atoms with Crippen molar-refractivity contribution < 1.29 is 79.4 Å². The second-order valence-corrected chi connectivity index (χ2v) is 9.73. The monoisotopic (exact) mass is 562 g/mol. The van der Waals surface area contributed by atoms with Crippen LogP contribution in [0.2, 0.25) is 0 Å². The number of hydrogen-bond donors (Lipinski definition) is 0. The van der Waals surface area contributed by atoms with Gasteiger partial charge in [-0.1, -0.05) is 0 Å². The van der Waals surface area contributed by atoms with Gasteiger partial charge in [-0.05, 0) is 25.7 Å². The highest BCUT2D eigenvalue weighted by Crippen LogP contribution is 2.64. The first-order chi connectivity index (χ1) is 14.7. The molecular formula is C15H15F17OSi. The molecule has 0 saturated carbocycles. The highest BCUT2D eigenvalue weighted by Gasteiger charge is 2.95. The van der Waals surface area contributed by atoms with Crippen LogP contribution < -0.4 is 0 Å². The Labute approximate surface area is 182 Å². The molecule has 0 aliphatic carbocycles. The fourth-order valence-electron chi connectivity index (χ4n) is 2.96. The Kier molecular flexibility index (Phi) is 7.79. The molecule has 1 aliphatic rings. The average Bonchev–Trinajstić information content (AvgIpc) is 2.65. The molecule has 0 N–H and O–H groups in total. The van der Waals surface area contributed by atoms with Gasteiger partial charge in [0.1, 0.15) is 0 Å². The van der Waals surface area contributed by atoms with Crippen LogP contribution in [-0.2, 0) is 4.74 Å². The molecule has 0 spiro atoms. The van der Waals surface area contributed by atoms with Crippen LogP contribution in [0.5, 0.6) is 0 Å². The van der Waals surface area contributed by atoms with E-state index >= 15 is 0 Å². The van der Waals surface area contributed by atoms with E-state index in [4.69, 9.17) is 4.74 Å². The summed E-state index contributed by atoms with van der Waals surface area (Å²) in [4.78, 5) is 0. The van der Waals surface area contributed by atoms with E-state index in [-0.39, 0.29) is 23.3 Å². The van der Waals surface area contributed by atoms with Gasteiger partial charge >= 0.3 is 47.6 Å². The van der Waals surface area contributed by atoms with Gasteiger partial charge < -0.3 is 4.74 Å². The van der Waals surface area contributed by atoms with Crippen LogP contribution in [0.1, 0.15) is 32.1 Å². The summed E-state index contributed by atoms with van der Waals surface area (Å²) in [5.74, 6) is -55.9. The minimum atomic E-state index is -8.59. The van der Waals surface area contributed by atoms with Gasteiger partial charge in [0.2, 0.25) is 0 Å². The molecular weight excluding hydrogens is 547 g/mol. The second-order valence-electron chi connectivity index (χ2n) is 7.90. The molecule has 1 fully saturated rings. The van der Waals surface area contributed by atoms with Gasteiger partial charge in [-0.15, -0.1) is 0 Å². The third-order valence-electron chi connectivity index (χ3n) is 5.31. The van der Waals surface area contributed by atoms with Crippen LogP contribution in [0.15, 0.2) is 0 Å². The molecule has 1 rings (SSSR count). The summed E-state index contributed by atoms with van der Waals surface area (Å²) >= 11 is 0. The zero-order valence-corrected chi connectivity index (χ0v) is 18.6. The quantitative estimate of drug-likeness (QED) is 0.246. The minimum absolute atomic E-state index is 0.0513. The van der Waals surface area contributed by atoms with Gasteiger partial charge in [0.05, 0.1) is 0 Å². The summed E-state index contributed by atoms with van der Waals surface area (Å²) in [7, 11) is -0.178. The van der Waals surface area contributed by atoms with Crippen molar-refractivity contribution in [3.8, 4) is 0 Å². The summed E-state index contributed by atoms with van der Waals surface area (Å²) in [6, 6.07) is 0. The molecule has 0 aromatic rings. The van der Waals surface area contributed by atoms with E-state index in [0.717, 1.165) is 0 Å². The zero-order valence-electron chi connectivity index (χ0n) is 16.6. The number of alkyl halides is 17. The van der Waals surface area contributed by atoms with Gasteiger partial charge in [-0.25, -0.2) is 0 Å². The highest BCUT2D eigenvalue weighted by molar-refractivity contribution is 6.14. The molecule has 0 amide bonds. The first kappa shape index (κ1) is 31.0. The van der Waals surface area contributed by atoms with Crippen LogP contribution in [0, 0.1) is 0 Å². The third kappa shape index (κ3) is 4.47. The normalized spacial score (nSPS) is 22.9. The molecule has 19 heteroatoms. The number of rotatable bonds is 9. The fourth-order valence-corrected chi connectivity index (χ4v) is 3.77. The Morgan fingerprint density at radius 2 is 0.941 bits per heavy atom. The summed E-state index contributed by atoms with van der Waals surface area (Å²) in [5.41, 5.74) is 0. The highest BCUT2D eigenvalue weighted by atomic mass is 28.1. The molecule has 0 aromatic heterocycles. The summed E-state index contributed by atoms with van der Waals surface area (Å²) in [6.07, 6.45) is -10.7. The topological polar surface area (TPSA) is 9.23 Å². The minimum Gasteiger partial charge on any atom is -0.380 e. The number of ether oxygens (including phenoxy) is 1. The fraction of sp³-hybridized carbons (Fsp3) is 1.00. The van der Waals surface area contributed by atoms with Crippen molar-refractivity contribution >= 4 is 10.2 Å². The van der Waals surface area contributed by atoms with Crippen LogP contribution in [0.4, 0.5) is 74.6 Å². The van der Waals surface area contributed by atoms with Crippen molar-refractivity contribution in [2.45, 2.75) is 85.0 Å². The molecule has 34 heavy (non-hydrogen) atoms. The van der Waals surface area contributed by atoms with E-state index in [1.54, 1.807) is 0 Å². The van der Waals surface area contributed by atoms with Gasteiger partial charge in [0.15, 0.2) is 0 Å². The molecule has 1 heterocycles. The molecule has 1 unspecified atom stereocenters. The van der Waals surface area contributed by atoms with Crippen molar-refractivity contribution in [3.05, 3.63) is 0 Å². The molecule has 1 atom stereocenters. The van der Waals surface area contributed by atoms with Crippen LogP contribution in [-0.4, -0.2) is 69.7 Å². The second kappa shape index (κ2) is 8.54. The predicted molar refractivity (Wildman–Crippen MR) is 82.4 cm³/mol. The predicted octanol–water partition coefficient (Wildman–Crippen LogP) is 6.04. The van der Waals surface area contributed by atoms with Crippen LogP contribution >= 0.6 is 0 Å². The molecule has 1 nitrogen and oxygen atoms in total. The summed E-state index contributed by atoms with van der Waals surface area (Å²) in [5, 5.41) is -1.54. The van der Waals surface area contributed by atoms with Crippen molar-refractivity contribution in [1.29, 1.82) is 0 Å². The number of hydrogen-bond acceptors (Lipinski definition) is 1. The van der Waals surface area contributed by atoms with Crippen molar-refractivity contribution in [3.63, 3.8) is 0 Å². The lowest BCUT2D eigenvalue weighted by Crippen LogP contribution is -2.74. The van der Waals surface area contributed by atoms with Crippen LogP contribution in [0.25, 0.3) is 0 Å². The maximum absolute atomic E-state index is 13.9. The molecule has 1 saturated heterocycles. The maximum Gasteiger partial charge on any atom is 0.460 e. The first-order valence-corrected chi connectivity index (χ1v) is 10.0. The van der Waals surface area contributed by atoms with Crippen molar-refractivity contribution in [1.82, 2.24) is 0 Å². The van der Waals surface area contributed by atoms with Crippen molar-refractivity contribution in [2.75, 3.05) is 6.61 Å². The maximum atomic E-state index is 13.9. The van der Waals surface area contributed by atoms with Gasteiger partial charge in [0.25, 0.3) is 0 Å².